The second-order valence-electron chi connectivity index (χ2n) is 5.51. The molecule has 26 heavy (non-hydrogen) atoms. The number of carbonyl (C=O) groups excluding carboxylic acids is 1. The number of carbonyl (C=O) groups is 2. The van der Waals surface area contributed by atoms with E-state index in [9.17, 15) is 18.0 Å². The van der Waals surface area contributed by atoms with Gasteiger partial charge in [0.25, 0.3) is 10.0 Å². The Hall–Kier alpha value is -2.87. The number of hydrogen-bond donors (Lipinski definition) is 2. The summed E-state index contributed by atoms with van der Waals surface area (Å²) < 4.78 is 32.2. The second kappa shape index (κ2) is 8.48. The van der Waals surface area contributed by atoms with Gasteiger partial charge < -0.3 is 9.84 Å². The standard InChI is InChI=1S/C18H19NO6S/c1-2-3-11-25-18(22)13-7-9-15(10-8-13)19-26(23,24)16-6-4-5-14(12-16)17(20)21/h4-10,12,19H,2-3,11H2,1H3,(H,20,21). The number of nitrogens with one attached hydrogen (secondary N) is 1. The van der Waals surface area contributed by atoms with Gasteiger partial charge in [-0.1, -0.05) is 19.4 Å². The number of aromatic carboxylic acids is 1. The number of unbranched alkanes of at least 4 members (excludes halogenated alkanes) is 1. The lowest BCUT2D eigenvalue weighted by Crippen LogP contribution is -2.14. The lowest BCUT2D eigenvalue weighted by atomic mass is 10.2. The molecule has 0 aliphatic heterocycles. The molecule has 0 spiro atoms. The van der Waals surface area contributed by atoms with Crippen LogP contribution < -0.4 is 4.72 Å². The summed E-state index contributed by atoms with van der Waals surface area (Å²) in [6.45, 7) is 2.32. The highest BCUT2D eigenvalue weighted by Gasteiger charge is 2.16. The normalized spacial score (nSPS) is 11.0. The average molecular weight is 377 g/mol. The summed E-state index contributed by atoms with van der Waals surface area (Å²) in [6.07, 6.45) is 1.69. The van der Waals surface area contributed by atoms with Crippen molar-refractivity contribution in [1.82, 2.24) is 0 Å². The summed E-state index contributed by atoms with van der Waals surface area (Å²) in [7, 11) is -3.95. The monoisotopic (exact) mass is 377 g/mol. The van der Waals surface area contributed by atoms with Gasteiger partial charge in [-0.05, 0) is 48.9 Å². The van der Waals surface area contributed by atoms with Gasteiger partial charge in [0.15, 0.2) is 0 Å². The van der Waals surface area contributed by atoms with E-state index in [0.717, 1.165) is 18.9 Å². The number of carboxylic acids is 1. The molecule has 2 aromatic rings. The Bertz CT molecular complexity index is 890. The van der Waals surface area contributed by atoms with Crippen molar-refractivity contribution in [1.29, 1.82) is 0 Å². The topological polar surface area (TPSA) is 110 Å². The molecule has 138 valence electrons. The molecule has 2 N–H and O–H groups in total. The summed E-state index contributed by atoms with van der Waals surface area (Å²) in [5, 5.41) is 8.97. The molecule has 0 fully saturated rings. The van der Waals surface area contributed by atoms with E-state index >= 15 is 0 Å². The third-order valence-corrected chi connectivity index (χ3v) is 4.87. The van der Waals surface area contributed by atoms with Gasteiger partial charge in [0.2, 0.25) is 0 Å². The number of carboxylic acid groups (broad SMARTS) is 1. The number of rotatable bonds is 8. The molecule has 8 heteroatoms. The van der Waals surface area contributed by atoms with Crippen molar-refractivity contribution in [3.63, 3.8) is 0 Å². The van der Waals surface area contributed by atoms with E-state index in [-0.39, 0.29) is 16.1 Å². The molecular weight excluding hydrogens is 358 g/mol. The summed E-state index contributed by atoms with van der Waals surface area (Å²) in [4.78, 5) is 22.6. The lowest BCUT2D eigenvalue weighted by Gasteiger charge is -2.09. The van der Waals surface area contributed by atoms with Crippen LogP contribution in [0, 0.1) is 0 Å². The van der Waals surface area contributed by atoms with Gasteiger partial charge in [0, 0.05) is 5.69 Å². The van der Waals surface area contributed by atoms with Crippen molar-refractivity contribution in [2.45, 2.75) is 24.7 Å². The van der Waals surface area contributed by atoms with E-state index in [1.165, 1.54) is 42.5 Å². The third-order valence-electron chi connectivity index (χ3n) is 3.50. The predicted octanol–water partition coefficient (Wildman–Crippen LogP) is 3.14. The fraction of sp³-hybridized carbons (Fsp3) is 0.222. The van der Waals surface area contributed by atoms with E-state index in [4.69, 9.17) is 9.84 Å². The number of benzene rings is 2. The van der Waals surface area contributed by atoms with Crippen molar-refractivity contribution in [3.05, 3.63) is 59.7 Å². The minimum atomic E-state index is -3.95. The molecule has 2 rings (SSSR count). The molecule has 0 unspecified atom stereocenters. The summed E-state index contributed by atoms with van der Waals surface area (Å²) in [6, 6.07) is 10.8. The minimum Gasteiger partial charge on any atom is -0.478 e. The molecule has 0 radical (unpaired) electrons. The molecule has 0 amide bonds. The van der Waals surface area contributed by atoms with Crippen molar-refractivity contribution in [3.8, 4) is 0 Å². The first kappa shape index (κ1) is 19.5. The van der Waals surface area contributed by atoms with Gasteiger partial charge >= 0.3 is 11.9 Å². The average Bonchev–Trinajstić information content (AvgIpc) is 2.62. The first-order valence-corrected chi connectivity index (χ1v) is 9.45. The zero-order valence-corrected chi connectivity index (χ0v) is 15.0. The van der Waals surface area contributed by atoms with Crippen LogP contribution in [-0.2, 0) is 14.8 Å². The Balaban J connectivity index is 2.11. The molecule has 0 saturated heterocycles. The number of ether oxygens (including phenoxy) is 1. The molecular formula is C18H19NO6S. The summed E-state index contributed by atoms with van der Waals surface area (Å²) in [5.41, 5.74) is 0.436. The van der Waals surface area contributed by atoms with Crippen LogP contribution in [0.15, 0.2) is 53.4 Å². The molecule has 0 aliphatic rings. The largest absolute Gasteiger partial charge is 0.478 e. The van der Waals surface area contributed by atoms with Gasteiger partial charge in [-0.2, -0.15) is 0 Å². The first-order valence-electron chi connectivity index (χ1n) is 7.97. The highest BCUT2D eigenvalue weighted by molar-refractivity contribution is 7.92. The highest BCUT2D eigenvalue weighted by atomic mass is 32.2. The van der Waals surface area contributed by atoms with Gasteiger partial charge in [-0.15, -0.1) is 0 Å². The fourth-order valence-corrected chi connectivity index (χ4v) is 3.18. The molecule has 2 aromatic carbocycles. The van der Waals surface area contributed by atoms with Crippen LogP contribution in [0.1, 0.15) is 40.5 Å². The van der Waals surface area contributed by atoms with Gasteiger partial charge in [-0.25, -0.2) is 18.0 Å². The van der Waals surface area contributed by atoms with E-state index in [0.29, 0.717) is 12.2 Å². The van der Waals surface area contributed by atoms with Crippen LogP contribution in [0.5, 0.6) is 0 Å². The Morgan fingerprint density at radius 3 is 2.38 bits per heavy atom. The smallest absolute Gasteiger partial charge is 0.338 e. The van der Waals surface area contributed by atoms with Crippen LogP contribution in [0.3, 0.4) is 0 Å². The zero-order valence-electron chi connectivity index (χ0n) is 14.1. The van der Waals surface area contributed by atoms with E-state index in [1.807, 2.05) is 6.92 Å². The first-order chi connectivity index (χ1) is 12.3. The predicted molar refractivity (Wildman–Crippen MR) is 95.8 cm³/mol. The van der Waals surface area contributed by atoms with Gasteiger partial charge in [0.05, 0.1) is 22.6 Å². The summed E-state index contributed by atoms with van der Waals surface area (Å²) >= 11 is 0. The van der Waals surface area contributed by atoms with E-state index in [2.05, 4.69) is 4.72 Å². The van der Waals surface area contributed by atoms with Crippen molar-refractivity contribution >= 4 is 27.6 Å². The molecule has 0 aliphatic carbocycles. The highest BCUT2D eigenvalue weighted by Crippen LogP contribution is 2.18. The molecule has 0 atom stereocenters. The number of hydrogen-bond acceptors (Lipinski definition) is 5. The second-order valence-corrected chi connectivity index (χ2v) is 7.19. The van der Waals surface area contributed by atoms with E-state index < -0.39 is 22.0 Å². The van der Waals surface area contributed by atoms with Crippen molar-refractivity contribution < 1.29 is 27.9 Å². The Labute approximate surface area is 151 Å². The maximum absolute atomic E-state index is 12.4. The quantitative estimate of drug-likeness (QED) is 0.540. The molecule has 0 heterocycles. The maximum Gasteiger partial charge on any atom is 0.338 e. The van der Waals surface area contributed by atoms with Crippen LogP contribution in [-0.4, -0.2) is 32.1 Å². The fourth-order valence-electron chi connectivity index (χ4n) is 2.08. The Morgan fingerprint density at radius 1 is 1.08 bits per heavy atom. The van der Waals surface area contributed by atoms with Crippen LogP contribution in [0.25, 0.3) is 0 Å². The SMILES string of the molecule is CCCCOC(=O)c1ccc(NS(=O)(=O)c2cccc(C(=O)O)c2)cc1. The zero-order chi connectivity index (χ0) is 19.2. The Kier molecular flexibility index (Phi) is 6.35. The minimum absolute atomic E-state index is 0.127. The van der Waals surface area contributed by atoms with Crippen LogP contribution >= 0.6 is 0 Å². The molecule has 0 bridgehead atoms. The molecule has 7 nitrogen and oxygen atoms in total. The maximum atomic E-state index is 12.4. The van der Waals surface area contributed by atoms with E-state index in [1.54, 1.807) is 0 Å². The number of esters is 1. The van der Waals surface area contributed by atoms with Crippen LogP contribution in [0.4, 0.5) is 5.69 Å². The number of anilines is 1. The molecule has 0 aromatic heterocycles. The van der Waals surface area contributed by atoms with Crippen molar-refractivity contribution in [2.24, 2.45) is 0 Å². The Morgan fingerprint density at radius 2 is 1.77 bits per heavy atom. The van der Waals surface area contributed by atoms with Gasteiger partial charge in [-0.3, -0.25) is 4.72 Å². The number of sulfonamides is 1. The lowest BCUT2D eigenvalue weighted by molar-refractivity contribution is 0.0499. The van der Waals surface area contributed by atoms with Crippen molar-refractivity contribution in [2.75, 3.05) is 11.3 Å². The molecule has 0 saturated carbocycles. The van der Waals surface area contributed by atoms with Crippen LogP contribution in [0.2, 0.25) is 0 Å². The van der Waals surface area contributed by atoms with Gasteiger partial charge in [0.1, 0.15) is 0 Å². The third kappa shape index (κ3) is 5.06. The summed E-state index contributed by atoms with van der Waals surface area (Å²) in [5.74, 6) is -1.69.